The van der Waals surface area contributed by atoms with Crippen molar-refractivity contribution in [2.24, 2.45) is 11.3 Å². The van der Waals surface area contributed by atoms with Crippen molar-refractivity contribution < 1.29 is 9.18 Å². The van der Waals surface area contributed by atoms with E-state index in [0.29, 0.717) is 12.8 Å². The molecule has 0 aliphatic rings. The van der Waals surface area contributed by atoms with E-state index in [1.54, 1.807) is 6.92 Å². The minimum atomic E-state index is -0.825. The van der Waals surface area contributed by atoms with E-state index in [1.165, 1.54) is 0 Å². The molecule has 3 atom stereocenters. The molecule has 120 valence electrons. The molecule has 1 nitrogen and oxygen atoms in total. The highest BCUT2D eigenvalue weighted by Gasteiger charge is 2.41. The molecule has 0 aliphatic carbocycles. The van der Waals surface area contributed by atoms with Crippen molar-refractivity contribution in [1.82, 2.24) is 0 Å². The smallest absolute Gasteiger partial charge is 0.136 e. The number of unbranched alkanes of at least 4 members (excludes halogenated alkanes) is 3. The molecule has 0 radical (unpaired) electrons. The molecule has 3 unspecified atom stereocenters. The Morgan fingerprint density at radius 1 is 1.10 bits per heavy atom. The summed E-state index contributed by atoms with van der Waals surface area (Å²) >= 11 is 0. The number of carbonyl (C=O) groups excluding carboxylic acids is 1. The summed E-state index contributed by atoms with van der Waals surface area (Å²) in [6.45, 7) is 10.2. The highest BCUT2D eigenvalue weighted by molar-refractivity contribution is 5.82. The van der Waals surface area contributed by atoms with Crippen LogP contribution in [0, 0.1) is 11.3 Å². The fraction of sp³-hybridized carbons (Fsp3) is 0.944. The third-order valence-corrected chi connectivity index (χ3v) is 4.94. The molecule has 0 aromatic carbocycles. The van der Waals surface area contributed by atoms with E-state index < -0.39 is 11.6 Å². The van der Waals surface area contributed by atoms with Gasteiger partial charge >= 0.3 is 0 Å². The van der Waals surface area contributed by atoms with Crippen LogP contribution in [0.1, 0.15) is 92.4 Å². The highest BCUT2D eigenvalue weighted by atomic mass is 19.1. The Labute approximate surface area is 125 Å². The van der Waals surface area contributed by atoms with E-state index in [9.17, 15) is 9.18 Å². The van der Waals surface area contributed by atoms with Crippen molar-refractivity contribution in [3.05, 3.63) is 0 Å². The minimum Gasteiger partial charge on any atom is -0.299 e. The molecule has 0 aromatic heterocycles. The van der Waals surface area contributed by atoms with Crippen LogP contribution in [0.25, 0.3) is 0 Å². The Morgan fingerprint density at radius 3 is 2.15 bits per heavy atom. The van der Waals surface area contributed by atoms with E-state index in [0.717, 1.165) is 44.9 Å². The number of rotatable bonds is 12. The van der Waals surface area contributed by atoms with Gasteiger partial charge in [0, 0.05) is 5.41 Å². The molecule has 0 bridgehead atoms. The predicted octanol–water partition coefficient (Wildman–Crippen LogP) is 6.11. The molecule has 0 aliphatic heterocycles. The topological polar surface area (TPSA) is 17.1 Å². The number of hydrogen-bond donors (Lipinski definition) is 0. The minimum absolute atomic E-state index is 0.196. The number of ketones is 1. The Hall–Kier alpha value is -0.400. The maximum absolute atomic E-state index is 14.3. The van der Waals surface area contributed by atoms with Crippen molar-refractivity contribution in [3.8, 4) is 0 Å². The molecular formula is C18H35FO. The molecule has 0 saturated carbocycles. The lowest BCUT2D eigenvalue weighted by molar-refractivity contribution is -0.132. The van der Waals surface area contributed by atoms with E-state index >= 15 is 0 Å². The van der Waals surface area contributed by atoms with Gasteiger partial charge in [-0.15, -0.1) is 0 Å². The predicted molar refractivity (Wildman–Crippen MR) is 85.7 cm³/mol. The van der Waals surface area contributed by atoms with Crippen molar-refractivity contribution in [2.75, 3.05) is 0 Å². The second-order valence-electron chi connectivity index (χ2n) is 6.42. The molecule has 0 saturated heterocycles. The van der Waals surface area contributed by atoms with E-state index in [1.807, 2.05) is 0 Å². The van der Waals surface area contributed by atoms with Crippen LogP contribution in [-0.4, -0.2) is 12.0 Å². The van der Waals surface area contributed by atoms with Crippen LogP contribution in [0.3, 0.4) is 0 Å². The second-order valence-corrected chi connectivity index (χ2v) is 6.42. The SMILES string of the molecule is CCCCCC(CC(F)CCCC)(C(C)=O)C(C)CC. The Bertz CT molecular complexity index is 264. The largest absolute Gasteiger partial charge is 0.299 e. The summed E-state index contributed by atoms with van der Waals surface area (Å²) in [5, 5.41) is 0. The van der Waals surface area contributed by atoms with E-state index in [4.69, 9.17) is 0 Å². The Balaban J connectivity index is 4.92. The van der Waals surface area contributed by atoms with Gasteiger partial charge in [0.05, 0.1) is 0 Å². The van der Waals surface area contributed by atoms with Crippen molar-refractivity contribution >= 4 is 5.78 Å². The molecule has 0 aromatic rings. The second kappa shape index (κ2) is 10.3. The summed E-state index contributed by atoms with van der Waals surface area (Å²) in [4.78, 5) is 12.3. The van der Waals surface area contributed by atoms with Crippen molar-refractivity contribution in [3.63, 3.8) is 0 Å². The molecule has 2 heteroatoms. The first-order valence-electron chi connectivity index (χ1n) is 8.59. The standard InChI is InChI=1S/C18H35FO/c1-6-9-11-13-18(16(5)20,15(4)8-3)14-17(19)12-10-7-2/h15,17H,6-14H2,1-5H3. The molecule has 0 rings (SSSR count). The van der Waals surface area contributed by atoms with Crippen LogP contribution < -0.4 is 0 Å². The van der Waals surface area contributed by atoms with Gasteiger partial charge in [0.2, 0.25) is 0 Å². The quantitative estimate of drug-likeness (QED) is 0.396. The van der Waals surface area contributed by atoms with E-state index in [2.05, 4.69) is 27.7 Å². The molecule has 0 amide bonds. The molecular weight excluding hydrogens is 251 g/mol. The molecule has 0 N–H and O–H groups in total. The maximum Gasteiger partial charge on any atom is 0.136 e. The third kappa shape index (κ3) is 5.93. The first kappa shape index (κ1) is 19.6. The summed E-state index contributed by atoms with van der Waals surface area (Å²) in [5.41, 5.74) is -0.433. The van der Waals surface area contributed by atoms with Crippen LogP contribution in [0.4, 0.5) is 4.39 Å². The number of Topliss-reactive ketones (excluding diaryl/α,β-unsaturated/α-hetero) is 1. The lowest BCUT2D eigenvalue weighted by Gasteiger charge is -2.38. The number of carbonyl (C=O) groups is 1. The zero-order valence-electron chi connectivity index (χ0n) is 14.3. The van der Waals surface area contributed by atoms with Gasteiger partial charge in [0.15, 0.2) is 0 Å². The van der Waals surface area contributed by atoms with Crippen LogP contribution in [0.15, 0.2) is 0 Å². The van der Waals surface area contributed by atoms with Crippen molar-refractivity contribution in [2.45, 2.75) is 98.6 Å². The molecule has 0 spiro atoms. The summed E-state index contributed by atoms with van der Waals surface area (Å²) in [6, 6.07) is 0. The lowest BCUT2D eigenvalue weighted by atomic mass is 9.65. The fourth-order valence-corrected chi connectivity index (χ4v) is 3.22. The maximum atomic E-state index is 14.3. The van der Waals surface area contributed by atoms with Crippen LogP contribution in [0.2, 0.25) is 0 Å². The summed E-state index contributed by atoms with van der Waals surface area (Å²) in [7, 11) is 0. The van der Waals surface area contributed by atoms with Gasteiger partial charge < -0.3 is 0 Å². The molecule has 20 heavy (non-hydrogen) atoms. The van der Waals surface area contributed by atoms with Gasteiger partial charge in [-0.25, -0.2) is 4.39 Å². The van der Waals surface area contributed by atoms with Gasteiger partial charge in [-0.3, -0.25) is 4.79 Å². The average Bonchev–Trinajstić information content (AvgIpc) is 2.42. The first-order valence-corrected chi connectivity index (χ1v) is 8.59. The van der Waals surface area contributed by atoms with Crippen molar-refractivity contribution in [1.29, 1.82) is 0 Å². The normalized spacial score (nSPS) is 17.5. The molecule has 0 fully saturated rings. The highest BCUT2D eigenvalue weighted by Crippen LogP contribution is 2.42. The zero-order chi connectivity index (χ0) is 15.6. The molecule has 0 heterocycles. The van der Waals surface area contributed by atoms with Gasteiger partial charge in [-0.1, -0.05) is 66.2 Å². The third-order valence-electron chi connectivity index (χ3n) is 4.94. The lowest BCUT2D eigenvalue weighted by Crippen LogP contribution is -2.38. The fourth-order valence-electron chi connectivity index (χ4n) is 3.22. The first-order chi connectivity index (χ1) is 9.44. The van der Waals surface area contributed by atoms with E-state index in [-0.39, 0.29) is 11.7 Å². The number of alkyl halides is 1. The summed E-state index contributed by atoms with van der Waals surface area (Å²) < 4.78 is 14.3. The van der Waals surface area contributed by atoms with Gasteiger partial charge in [-0.2, -0.15) is 0 Å². The summed E-state index contributed by atoms with van der Waals surface area (Å²) in [5.74, 6) is 0.471. The van der Waals surface area contributed by atoms with Gasteiger partial charge in [0.1, 0.15) is 12.0 Å². The van der Waals surface area contributed by atoms with Crippen LogP contribution >= 0.6 is 0 Å². The number of hydrogen-bond acceptors (Lipinski definition) is 1. The zero-order valence-corrected chi connectivity index (χ0v) is 14.3. The van der Waals surface area contributed by atoms with Gasteiger partial charge in [-0.05, 0) is 32.1 Å². The number of halogens is 1. The Morgan fingerprint density at radius 2 is 1.70 bits per heavy atom. The Kier molecular flexibility index (Phi) is 10.1. The summed E-state index contributed by atoms with van der Waals surface area (Å²) in [6.07, 6.45) is 7.29. The van der Waals surface area contributed by atoms with Crippen LogP contribution in [0.5, 0.6) is 0 Å². The average molecular weight is 286 g/mol. The monoisotopic (exact) mass is 286 g/mol. The van der Waals surface area contributed by atoms with Gasteiger partial charge in [0.25, 0.3) is 0 Å². The van der Waals surface area contributed by atoms with Crippen LogP contribution in [-0.2, 0) is 4.79 Å².